The van der Waals surface area contributed by atoms with Crippen LogP contribution in [-0.2, 0) is 4.79 Å². The molecule has 2 aliphatic heterocycles. The van der Waals surface area contributed by atoms with E-state index in [9.17, 15) is 15.0 Å². The quantitative estimate of drug-likeness (QED) is 0.613. The molecule has 2 saturated heterocycles. The van der Waals surface area contributed by atoms with Crippen molar-refractivity contribution in [1.82, 2.24) is 20.0 Å². The molecular formula is C22H27N5O3S. The van der Waals surface area contributed by atoms with Crippen LogP contribution in [0.1, 0.15) is 25.7 Å². The molecule has 31 heavy (non-hydrogen) atoms. The van der Waals surface area contributed by atoms with Crippen molar-refractivity contribution in [1.29, 1.82) is 0 Å². The van der Waals surface area contributed by atoms with Gasteiger partial charge in [0.1, 0.15) is 6.10 Å². The van der Waals surface area contributed by atoms with Crippen LogP contribution in [0.2, 0.25) is 0 Å². The zero-order chi connectivity index (χ0) is 21.5. The van der Waals surface area contributed by atoms with Gasteiger partial charge in [-0.15, -0.1) is 0 Å². The summed E-state index contributed by atoms with van der Waals surface area (Å²) in [4.78, 5) is 17.3. The third-order valence-electron chi connectivity index (χ3n) is 6.73. The van der Waals surface area contributed by atoms with Crippen molar-refractivity contribution in [2.75, 3.05) is 18.0 Å². The highest BCUT2D eigenvalue weighted by molar-refractivity contribution is 7.80. The fourth-order valence-corrected chi connectivity index (χ4v) is 5.53. The minimum Gasteiger partial charge on any atom is -0.390 e. The number of carbonyl (C=O) groups excluding carboxylic acids is 1. The van der Waals surface area contributed by atoms with Gasteiger partial charge in [-0.25, -0.2) is 4.68 Å². The monoisotopic (exact) mass is 441 g/mol. The number of aromatic nitrogens is 2. The highest BCUT2D eigenvalue weighted by atomic mass is 32.1. The first-order valence-corrected chi connectivity index (χ1v) is 11.3. The zero-order valence-corrected chi connectivity index (χ0v) is 18.0. The molecule has 0 unspecified atom stereocenters. The Morgan fingerprint density at radius 3 is 2.48 bits per heavy atom. The number of benzene rings is 1. The van der Waals surface area contributed by atoms with Crippen LogP contribution in [0.15, 0.2) is 42.7 Å². The highest BCUT2D eigenvalue weighted by Gasteiger charge is 2.54. The summed E-state index contributed by atoms with van der Waals surface area (Å²) in [5, 5.41) is 29.1. The summed E-state index contributed by atoms with van der Waals surface area (Å²) in [6.07, 6.45) is 5.04. The Balaban J connectivity index is 1.46. The van der Waals surface area contributed by atoms with E-state index in [1.165, 1.54) is 0 Å². The fourth-order valence-electron chi connectivity index (χ4n) is 5.16. The molecule has 3 aliphatic rings. The summed E-state index contributed by atoms with van der Waals surface area (Å²) >= 11 is 5.62. The highest BCUT2D eigenvalue weighted by Crippen LogP contribution is 2.38. The Morgan fingerprint density at radius 1 is 1.10 bits per heavy atom. The number of carbonyl (C=O) groups is 1. The van der Waals surface area contributed by atoms with Crippen LogP contribution in [0.3, 0.4) is 0 Å². The number of hydrogen-bond donors (Lipinski definition) is 3. The molecule has 8 nitrogen and oxygen atoms in total. The second kappa shape index (κ2) is 8.22. The van der Waals surface area contributed by atoms with E-state index >= 15 is 0 Å². The van der Waals surface area contributed by atoms with E-state index in [2.05, 4.69) is 10.4 Å². The van der Waals surface area contributed by atoms with Crippen LogP contribution in [0, 0.1) is 5.92 Å². The Labute approximate surface area is 186 Å². The van der Waals surface area contributed by atoms with Gasteiger partial charge in [-0.2, -0.15) is 5.10 Å². The van der Waals surface area contributed by atoms with Gasteiger partial charge < -0.3 is 25.3 Å². The lowest BCUT2D eigenvalue weighted by Gasteiger charge is -2.43. The summed E-state index contributed by atoms with van der Waals surface area (Å²) in [6, 6.07) is 8.82. The number of hydrogen-bond acceptors (Lipinski definition) is 5. The predicted molar refractivity (Wildman–Crippen MR) is 120 cm³/mol. The Kier molecular flexibility index (Phi) is 5.41. The van der Waals surface area contributed by atoms with Crippen molar-refractivity contribution in [2.45, 2.75) is 50.0 Å². The third kappa shape index (κ3) is 3.60. The number of likely N-dealkylation sites (tertiary alicyclic amines) is 1. The number of piperidine rings is 1. The van der Waals surface area contributed by atoms with E-state index in [1.54, 1.807) is 10.9 Å². The molecule has 3 fully saturated rings. The minimum absolute atomic E-state index is 0.0466. The lowest BCUT2D eigenvalue weighted by Crippen LogP contribution is -2.61. The number of anilines is 1. The maximum Gasteiger partial charge on any atom is 0.227 e. The zero-order valence-electron chi connectivity index (χ0n) is 17.2. The van der Waals surface area contributed by atoms with Crippen molar-refractivity contribution >= 4 is 28.9 Å². The molecule has 1 aromatic carbocycles. The smallest absolute Gasteiger partial charge is 0.227 e. The average Bonchev–Trinajstić information content (AvgIpc) is 3.45. The SMILES string of the molecule is O=C([C@@H]1C[C@@H](O)[C@H](O)[C@@H]2NC(=S)N(c3ccc(-n4cccn4)cc3)[C@H]21)N1CCCCC1. The van der Waals surface area contributed by atoms with Crippen molar-refractivity contribution < 1.29 is 15.0 Å². The Bertz CT molecular complexity index is 945. The summed E-state index contributed by atoms with van der Waals surface area (Å²) in [5.41, 5.74) is 1.77. The number of amides is 1. The predicted octanol–water partition coefficient (Wildman–Crippen LogP) is 1.06. The summed E-state index contributed by atoms with van der Waals surface area (Å²) < 4.78 is 1.77. The molecule has 3 heterocycles. The van der Waals surface area contributed by atoms with Crippen molar-refractivity contribution in [3.8, 4) is 5.69 Å². The molecule has 2 aromatic rings. The second-order valence-corrected chi connectivity index (χ2v) is 8.98. The molecule has 9 heteroatoms. The van der Waals surface area contributed by atoms with Crippen LogP contribution in [0.5, 0.6) is 0 Å². The van der Waals surface area contributed by atoms with Gasteiger partial charge in [0.25, 0.3) is 0 Å². The summed E-state index contributed by atoms with van der Waals surface area (Å²) in [6.45, 7) is 1.50. The number of nitrogens with one attached hydrogen (secondary N) is 1. The normalized spacial score (nSPS) is 30.8. The van der Waals surface area contributed by atoms with E-state index in [4.69, 9.17) is 12.2 Å². The van der Waals surface area contributed by atoms with Gasteiger partial charge in [0, 0.05) is 31.2 Å². The largest absolute Gasteiger partial charge is 0.390 e. The lowest BCUT2D eigenvalue weighted by molar-refractivity contribution is -0.142. The van der Waals surface area contributed by atoms with Gasteiger partial charge in [-0.3, -0.25) is 4.79 Å². The van der Waals surface area contributed by atoms with E-state index < -0.39 is 24.2 Å². The molecule has 1 aromatic heterocycles. The van der Waals surface area contributed by atoms with Crippen molar-refractivity contribution in [3.05, 3.63) is 42.7 Å². The molecule has 0 radical (unpaired) electrons. The fraction of sp³-hybridized carbons (Fsp3) is 0.500. The van der Waals surface area contributed by atoms with Crippen molar-refractivity contribution in [3.63, 3.8) is 0 Å². The number of fused-ring (bicyclic) bond motifs is 1. The topological polar surface area (TPSA) is 93.9 Å². The van der Waals surface area contributed by atoms with Crippen molar-refractivity contribution in [2.24, 2.45) is 5.92 Å². The molecule has 5 rings (SSSR count). The van der Waals surface area contributed by atoms with Gasteiger partial charge in [-0.05, 0) is 68.2 Å². The first-order chi connectivity index (χ1) is 15.0. The number of aliphatic hydroxyl groups is 2. The van der Waals surface area contributed by atoms with Gasteiger partial charge >= 0.3 is 0 Å². The number of rotatable bonds is 3. The number of thiocarbonyl (C=S) groups is 1. The summed E-state index contributed by atoms with van der Waals surface area (Å²) in [7, 11) is 0. The average molecular weight is 442 g/mol. The van der Waals surface area contributed by atoms with Gasteiger partial charge in [0.2, 0.25) is 5.91 Å². The van der Waals surface area contributed by atoms with E-state index in [-0.39, 0.29) is 18.4 Å². The number of nitrogens with zero attached hydrogens (tertiary/aromatic N) is 4. The van der Waals surface area contributed by atoms with Gasteiger partial charge in [0.05, 0.1) is 29.8 Å². The third-order valence-corrected chi connectivity index (χ3v) is 7.04. The molecule has 1 amide bonds. The van der Waals surface area contributed by atoms with Crippen LogP contribution < -0.4 is 10.2 Å². The lowest BCUT2D eigenvalue weighted by atomic mass is 9.76. The maximum atomic E-state index is 13.5. The van der Waals surface area contributed by atoms with Crippen LogP contribution in [-0.4, -0.2) is 73.3 Å². The number of aliphatic hydroxyl groups excluding tert-OH is 2. The molecule has 3 N–H and O–H groups in total. The maximum absolute atomic E-state index is 13.5. The molecular weight excluding hydrogens is 414 g/mol. The van der Waals surface area contributed by atoms with E-state index in [0.717, 1.165) is 43.7 Å². The van der Waals surface area contributed by atoms with Gasteiger partial charge in [-0.1, -0.05) is 0 Å². The molecule has 0 bridgehead atoms. The first-order valence-electron chi connectivity index (χ1n) is 10.9. The minimum atomic E-state index is -0.985. The molecule has 5 atom stereocenters. The molecule has 1 saturated carbocycles. The Morgan fingerprint density at radius 2 is 1.81 bits per heavy atom. The van der Waals surface area contributed by atoms with Crippen LogP contribution in [0.25, 0.3) is 5.69 Å². The van der Waals surface area contributed by atoms with E-state index in [1.807, 2.05) is 46.3 Å². The standard InChI is InChI=1S/C22H27N5O3S/c28-17-13-16(21(30)25-10-2-1-3-11-25)19-18(20(17)29)24-22(31)27(19)15-7-5-14(6-8-15)26-12-4-9-23-26/h4-9,12,16-20,28-29H,1-3,10-11,13H2,(H,24,31)/t16-,17-,18-,19+,20+/m1/s1. The molecule has 164 valence electrons. The first kappa shape index (κ1) is 20.4. The Hall–Kier alpha value is -2.49. The van der Waals surface area contributed by atoms with Crippen LogP contribution >= 0.6 is 12.2 Å². The molecule has 0 spiro atoms. The summed E-state index contributed by atoms with van der Waals surface area (Å²) in [5.74, 6) is -0.398. The van der Waals surface area contributed by atoms with Gasteiger partial charge in [0.15, 0.2) is 5.11 Å². The van der Waals surface area contributed by atoms with Crippen LogP contribution in [0.4, 0.5) is 5.69 Å². The molecule has 1 aliphatic carbocycles. The van der Waals surface area contributed by atoms with E-state index in [0.29, 0.717) is 5.11 Å². The second-order valence-electron chi connectivity index (χ2n) is 8.59.